The maximum Gasteiger partial charge on any atom is 0.266 e. The van der Waals surface area contributed by atoms with Gasteiger partial charge in [0.1, 0.15) is 10.4 Å². The number of thioether (sulfide) groups is 1. The highest BCUT2D eigenvalue weighted by atomic mass is 32.2. The standard InChI is InChI=1S/C23H21NO3S2/c1-15-18(13-17-9-6-10-19(26-2)21(17)27-15)14-20-22(25)24(23(28)29-20)12-11-16-7-4-3-5-8-16/h3-10,13-15H,11-12H2,1-2H3. The average molecular weight is 424 g/mol. The third-order valence-corrected chi connectivity index (χ3v) is 6.33. The lowest BCUT2D eigenvalue weighted by molar-refractivity contribution is -0.122. The smallest absolute Gasteiger partial charge is 0.266 e. The van der Waals surface area contributed by atoms with Crippen LogP contribution in [-0.2, 0) is 11.2 Å². The number of carbonyl (C=O) groups excluding carboxylic acids is 1. The van der Waals surface area contributed by atoms with Crippen LogP contribution in [0.5, 0.6) is 11.5 Å². The summed E-state index contributed by atoms with van der Waals surface area (Å²) in [6.45, 7) is 2.55. The van der Waals surface area contributed by atoms with Gasteiger partial charge in [0.25, 0.3) is 5.91 Å². The van der Waals surface area contributed by atoms with Gasteiger partial charge in [-0.25, -0.2) is 0 Å². The van der Waals surface area contributed by atoms with E-state index in [9.17, 15) is 4.79 Å². The van der Waals surface area contributed by atoms with Crippen molar-refractivity contribution in [1.82, 2.24) is 4.90 Å². The van der Waals surface area contributed by atoms with Crippen LogP contribution >= 0.6 is 24.0 Å². The Balaban J connectivity index is 1.54. The highest BCUT2D eigenvalue weighted by Gasteiger charge is 2.32. The molecule has 4 rings (SSSR count). The van der Waals surface area contributed by atoms with E-state index in [0.29, 0.717) is 21.5 Å². The number of ether oxygens (including phenoxy) is 2. The molecule has 2 aliphatic heterocycles. The van der Waals surface area contributed by atoms with Crippen LogP contribution in [0.3, 0.4) is 0 Å². The summed E-state index contributed by atoms with van der Waals surface area (Å²) in [5.74, 6) is 1.40. The van der Waals surface area contributed by atoms with E-state index in [2.05, 4.69) is 12.1 Å². The molecule has 0 aromatic heterocycles. The highest BCUT2D eigenvalue weighted by molar-refractivity contribution is 8.26. The van der Waals surface area contributed by atoms with Crippen LogP contribution in [0, 0.1) is 0 Å². The van der Waals surface area contributed by atoms with Gasteiger partial charge in [-0.2, -0.15) is 0 Å². The van der Waals surface area contributed by atoms with Crippen LogP contribution in [0.15, 0.2) is 65.1 Å². The van der Waals surface area contributed by atoms with Gasteiger partial charge in [0.15, 0.2) is 11.5 Å². The number of rotatable bonds is 5. The van der Waals surface area contributed by atoms with Gasteiger partial charge in [-0.1, -0.05) is 66.4 Å². The topological polar surface area (TPSA) is 38.8 Å². The fraction of sp³-hybridized carbons (Fsp3) is 0.217. The van der Waals surface area contributed by atoms with Crippen molar-refractivity contribution in [1.29, 1.82) is 0 Å². The zero-order chi connectivity index (χ0) is 20.4. The van der Waals surface area contributed by atoms with Gasteiger partial charge < -0.3 is 9.47 Å². The van der Waals surface area contributed by atoms with E-state index in [1.807, 2.05) is 55.5 Å². The summed E-state index contributed by atoms with van der Waals surface area (Å²) in [4.78, 5) is 15.2. The molecule has 1 unspecified atom stereocenters. The Morgan fingerprint density at radius 3 is 2.76 bits per heavy atom. The lowest BCUT2D eigenvalue weighted by Crippen LogP contribution is -2.30. The van der Waals surface area contributed by atoms with Gasteiger partial charge >= 0.3 is 0 Å². The van der Waals surface area contributed by atoms with Crippen molar-refractivity contribution in [2.24, 2.45) is 0 Å². The molecule has 1 atom stereocenters. The second-order valence-corrected chi connectivity index (χ2v) is 8.53. The maximum absolute atomic E-state index is 12.9. The Hall–Kier alpha value is -2.57. The monoisotopic (exact) mass is 423 g/mol. The van der Waals surface area contributed by atoms with Crippen LogP contribution in [0.1, 0.15) is 18.1 Å². The first-order valence-electron chi connectivity index (χ1n) is 9.41. The van der Waals surface area contributed by atoms with Crippen molar-refractivity contribution in [3.05, 3.63) is 76.2 Å². The third kappa shape index (κ3) is 4.09. The SMILES string of the molecule is COc1cccc2c1OC(C)C(C=C1SC(=S)N(CCc3ccccc3)C1=O)=C2. The largest absolute Gasteiger partial charge is 0.493 e. The van der Waals surface area contributed by atoms with E-state index < -0.39 is 0 Å². The summed E-state index contributed by atoms with van der Waals surface area (Å²) >= 11 is 6.81. The second kappa shape index (κ2) is 8.43. The first-order valence-corrected chi connectivity index (χ1v) is 10.6. The van der Waals surface area contributed by atoms with E-state index >= 15 is 0 Å². The summed E-state index contributed by atoms with van der Waals surface area (Å²) in [5, 5.41) is 0. The van der Waals surface area contributed by atoms with Gasteiger partial charge in [-0.15, -0.1) is 0 Å². The molecule has 1 saturated heterocycles. The van der Waals surface area contributed by atoms with Crippen LogP contribution in [0.2, 0.25) is 0 Å². The number of benzene rings is 2. The third-order valence-electron chi connectivity index (χ3n) is 4.95. The molecule has 0 bridgehead atoms. The minimum absolute atomic E-state index is 0.0412. The number of hydrogen-bond acceptors (Lipinski definition) is 5. The normalized spacial score (nSPS) is 19.8. The predicted octanol–water partition coefficient (Wildman–Crippen LogP) is 4.85. The molecule has 4 nitrogen and oxygen atoms in total. The summed E-state index contributed by atoms with van der Waals surface area (Å²) < 4.78 is 12.1. The molecule has 0 radical (unpaired) electrons. The molecule has 2 aliphatic rings. The first kappa shape index (κ1) is 19.7. The molecule has 29 heavy (non-hydrogen) atoms. The summed E-state index contributed by atoms with van der Waals surface area (Å²) in [6, 6.07) is 15.9. The molecule has 0 spiro atoms. The fourth-order valence-corrected chi connectivity index (χ4v) is 4.67. The van der Waals surface area contributed by atoms with E-state index in [1.54, 1.807) is 12.0 Å². The molecule has 0 N–H and O–H groups in total. The van der Waals surface area contributed by atoms with Crippen LogP contribution < -0.4 is 9.47 Å². The molecule has 2 aromatic rings. The number of thiocarbonyl (C=S) groups is 1. The van der Waals surface area contributed by atoms with E-state index in [1.165, 1.54) is 17.3 Å². The fourth-order valence-electron chi connectivity index (χ4n) is 3.36. The maximum atomic E-state index is 12.9. The van der Waals surface area contributed by atoms with Crippen molar-refractivity contribution in [2.45, 2.75) is 19.4 Å². The number of para-hydroxylation sites is 1. The van der Waals surface area contributed by atoms with Crippen molar-refractivity contribution in [3.8, 4) is 11.5 Å². The number of hydrogen-bond donors (Lipinski definition) is 0. The number of carbonyl (C=O) groups is 1. The van der Waals surface area contributed by atoms with Crippen LogP contribution in [0.25, 0.3) is 6.08 Å². The summed E-state index contributed by atoms with van der Waals surface area (Å²) in [5.41, 5.74) is 3.07. The van der Waals surface area contributed by atoms with Crippen molar-refractivity contribution < 1.29 is 14.3 Å². The molecule has 1 fully saturated rings. The van der Waals surface area contributed by atoms with Gasteiger partial charge in [-0.3, -0.25) is 9.69 Å². The zero-order valence-corrected chi connectivity index (χ0v) is 17.9. The van der Waals surface area contributed by atoms with Crippen molar-refractivity contribution >= 4 is 40.3 Å². The molecule has 2 aromatic carbocycles. The molecule has 0 saturated carbocycles. The van der Waals surface area contributed by atoms with Gasteiger partial charge in [0.2, 0.25) is 0 Å². The van der Waals surface area contributed by atoms with Gasteiger partial charge in [0.05, 0.1) is 12.0 Å². The Morgan fingerprint density at radius 1 is 1.21 bits per heavy atom. The van der Waals surface area contributed by atoms with Crippen molar-refractivity contribution in [2.75, 3.05) is 13.7 Å². The zero-order valence-electron chi connectivity index (χ0n) is 16.3. The minimum atomic E-state index is -0.188. The number of nitrogens with zero attached hydrogens (tertiary/aromatic N) is 1. The Bertz CT molecular complexity index is 1010. The molecule has 1 amide bonds. The molecule has 6 heteroatoms. The first-order chi connectivity index (χ1) is 14.1. The lowest BCUT2D eigenvalue weighted by Gasteiger charge is -2.24. The minimum Gasteiger partial charge on any atom is -0.493 e. The lowest BCUT2D eigenvalue weighted by atomic mass is 10.0. The van der Waals surface area contributed by atoms with Crippen LogP contribution in [-0.4, -0.2) is 34.9 Å². The highest BCUT2D eigenvalue weighted by Crippen LogP contribution is 2.39. The summed E-state index contributed by atoms with van der Waals surface area (Å²) in [7, 11) is 1.63. The Labute approximate surface area is 180 Å². The summed E-state index contributed by atoms with van der Waals surface area (Å²) in [6.07, 6.45) is 4.53. The Morgan fingerprint density at radius 2 is 2.00 bits per heavy atom. The van der Waals surface area contributed by atoms with Crippen LogP contribution in [0.4, 0.5) is 0 Å². The number of fused-ring (bicyclic) bond motifs is 1. The predicted molar refractivity (Wildman–Crippen MR) is 121 cm³/mol. The second-order valence-electron chi connectivity index (χ2n) is 6.85. The molecular weight excluding hydrogens is 402 g/mol. The van der Waals surface area contributed by atoms with E-state index in [4.69, 9.17) is 21.7 Å². The average Bonchev–Trinajstić information content (AvgIpc) is 3.00. The van der Waals surface area contributed by atoms with E-state index in [-0.39, 0.29) is 12.0 Å². The van der Waals surface area contributed by atoms with Crippen molar-refractivity contribution in [3.63, 3.8) is 0 Å². The molecular formula is C23H21NO3S2. The molecule has 0 aliphatic carbocycles. The Kier molecular flexibility index (Phi) is 5.74. The number of amides is 1. The number of methoxy groups -OCH3 is 1. The van der Waals surface area contributed by atoms with Gasteiger partial charge in [0, 0.05) is 12.1 Å². The molecule has 2 heterocycles. The quantitative estimate of drug-likeness (QED) is 0.508. The molecule has 148 valence electrons. The van der Waals surface area contributed by atoms with E-state index in [0.717, 1.165) is 23.3 Å². The van der Waals surface area contributed by atoms with Gasteiger partial charge in [-0.05, 0) is 42.7 Å².